The summed E-state index contributed by atoms with van der Waals surface area (Å²) in [5, 5.41) is 15.0. The number of likely N-dealkylation sites (N-methyl/N-ethyl adjacent to an activating group) is 1. The van der Waals surface area contributed by atoms with Crippen LogP contribution in [0.1, 0.15) is 12.1 Å². The molecule has 96 valence electrons. The summed E-state index contributed by atoms with van der Waals surface area (Å²) in [7, 11) is 3.68. The highest BCUT2D eigenvalue weighted by Crippen LogP contribution is 2.35. The molecule has 0 bridgehead atoms. The van der Waals surface area contributed by atoms with Crippen molar-refractivity contribution in [3.8, 4) is 0 Å². The predicted molar refractivity (Wildman–Crippen MR) is 67.8 cm³/mol. The first-order chi connectivity index (χ1) is 8.07. The van der Waals surface area contributed by atoms with Gasteiger partial charge in [0.1, 0.15) is 5.60 Å². The number of likely N-dealkylation sites (tertiary alicyclic amines) is 1. The molecule has 0 aliphatic carbocycles. The molecule has 1 atom stereocenters. The van der Waals surface area contributed by atoms with Crippen molar-refractivity contribution < 1.29 is 9.84 Å². The largest absolute Gasteiger partial charge is 0.383 e. The van der Waals surface area contributed by atoms with Gasteiger partial charge in [-0.05, 0) is 29.4 Å². The van der Waals surface area contributed by atoms with Gasteiger partial charge in [0.25, 0.3) is 0 Å². The van der Waals surface area contributed by atoms with Crippen LogP contribution in [-0.4, -0.2) is 53.6 Å². The standard InChI is InChI=1S/C11H18BrN3O2/c1-14-4-3-11(16,8-14)10-9(12)7-13-15(10)5-6-17-2/h7,16H,3-6,8H2,1-2H3. The number of rotatable bonds is 4. The third-order valence-electron chi connectivity index (χ3n) is 3.18. The van der Waals surface area contributed by atoms with Gasteiger partial charge in [0.15, 0.2) is 0 Å². The van der Waals surface area contributed by atoms with Crippen molar-refractivity contribution >= 4 is 15.9 Å². The normalized spacial score (nSPS) is 25.6. The Labute approximate surface area is 109 Å². The summed E-state index contributed by atoms with van der Waals surface area (Å²) in [6, 6.07) is 0. The highest BCUT2D eigenvalue weighted by molar-refractivity contribution is 9.10. The Morgan fingerprint density at radius 3 is 3.00 bits per heavy atom. The Balaban J connectivity index is 2.27. The lowest BCUT2D eigenvalue weighted by molar-refractivity contribution is 0.0372. The zero-order valence-corrected chi connectivity index (χ0v) is 11.8. The van der Waals surface area contributed by atoms with Gasteiger partial charge in [0.05, 0.1) is 29.5 Å². The Morgan fingerprint density at radius 1 is 1.65 bits per heavy atom. The van der Waals surface area contributed by atoms with Crippen LogP contribution in [0.3, 0.4) is 0 Å². The van der Waals surface area contributed by atoms with Gasteiger partial charge in [-0.2, -0.15) is 5.10 Å². The van der Waals surface area contributed by atoms with Gasteiger partial charge in [-0.15, -0.1) is 0 Å². The highest BCUT2D eigenvalue weighted by atomic mass is 79.9. The summed E-state index contributed by atoms with van der Waals surface area (Å²) in [6.45, 7) is 2.79. The van der Waals surface area contributed by atoms with Crippen molar-refractivity contribution in [1.82, 2.24) is 14.7 Å². The van der Waals surface area contributed by atoms with E-state index < -0.39 is 5.60 Å². The monoisotopic (exact) mass is 303 g/mol. The van der Waals surface area contributed by atoms with Crippen LogP contribution in [-0.2, 0) is 16.9 Å². The second kappa shape index (κ2) is 5.06. The molecular formula is C11H18BrN3O2. The lowest BCUT2D eigenvalue weighted by atomic mass is 9.99. The van der Waals surface area contributed by atoms with Crippen LogP contribution in [0.5, 0.6) is 0 Å². The van der Waals surface area contributed by atoms with Crippen LogP contribution in [0.4, 0.5) is 0 Å². The Kier molecular flexibility index (Phi) is 3.87. The van der Waals surface area contributed by atoms with Gasteiger partial charge < -0.3 is 14.7 Å². The van der Waals surface area contributed by atoms with Crippen molar-refractivity contribution in [2.24, 2.45) is 0 Å². The zero-order chi connectivity index (χ0) is 12.5. The molecule has 1 aromatic heterocycles. The van der Waals surface area contributed by atoms with Crippen molar-refractivity contribution in [1.29, 1.82) is 0 Å². The van der Waals surface area contributed by atoms with Crippen molar-refractivity contribution in [2.45, 2.75) is 18.6 Å². The van der Waals surface area contributed by atoms with Crippen LogP contribution in [0.15, 0.2) is 10.7 Å². The smallest absolute Gasteiger partial charge is 0.121 e. The molecule has 0 aromatic carbocycles. The van der Waals surface area contributed by atoms with E-state index in [1.807, 2.05) is 11.7 Å². The lowest BCUT2D eigenvalue weighted by Crippen LogP contribution is -2.33. The van der Waals surface area contributed by atoms with E-state index in [9.17, 15) is 5.11 Å². The van der Waals surface area contributed by atoms with Gasteiger partial charge >= 0.3 is 0 Å². The second-order valence-corrected chi connectivity index (χ2v) is 5.43. The van der Waals surface area contributed by atoms with E-state index in [1.165, 1.54) is 0 Å². The van der Waals surface area contributed by atoms with Gasteiger partial charge in [0.2, 0.25) is 0 Å². The molecule has 1 aliphatic heterocycles. The summed E-state index contributed by atoms with van der Waals surface area (Å²) in [6.07, 6.45) is 2.47. The molecule has 1 unspecified atom stereocenters. The zero-order valence-electron chi connectivity index (χ0n) is 10.2. The molecule has 1 saturated heterocycles. The van der Waals surface area contributed by atoms with E-state index in [0.717, 1.165) is 23.1 Å². The summed E-state index contributed by atoms with van der Waals surface area (Å²) in [5.74, 6) is 0. The van der Waals surface area contributed by atoms with Crippen LogP contribution < -0.4 is 0 Å². The fraction of sp³-hybridized carbons (Fsp3) is 0.727. The molecule has 0 saturated carbocycles. The Bertz CT molecular complexity index is 396. The van der Waals surface area contributed by atoms with Gasteiger partial charge in [0, 0.05) is 20.2 Å². The first kappa shape index (κ1) is 13.0. The van der Waals surface area contributed by atoms with Crippen LogP contribution in [0.25, 0.3) is 0 Å². The van der Waals surface area contributed by atoms with Crippen LogP contribution in [0.2, 0.25) is 0 Å². The molecule has 1 fully saturated rings. The Hall–Kier alpha value is -0.430. The average molecular weight is 304 g/mol. The minimum absolute atomic E-state index is 0.590. The number of hydrogen-bond donors (Lipinski definition) is 1. The van der Waals surface area contributed by atoms with E-state index in [0.29, 0.717) is 19.7 Å². The number of nitrogens with zero attached hydrogens (tertiary/aromatic N) is 3. The average Bonchev–Trinajstić information content (AvgIpc) is 2.80. The van der Waals surface area contributed by atoms with Gasteiger partial charge in [-0.1, -0.05) is 0 Å². The summed E-state index contributed by atoms with van der Waals surface area (Å²) >= 11 is 3.47. The minimum atomic E-state index is -0.808. The van der Waals surface area contributed by atoms with E-state index in [4.69, 9.17) is 4.74 Å². The fourth-order valence-electron chi connectivity index (χ4n) is 2.35. The third-order valence-corrected chi connectivity index (χ3v) is 3.76. The summed E-state index contributed by atoms with van der Waals surface area (Å²) in [5.41, 5.74) is 0.0524. The van der Waals surface area contributed by atoms with Crippen LogP contribution in [0, 0.1) is 0 Å². The molecule has 0 spiro atoms. The van der Waals surface area contributed by atoms with Gasteiger partial charge in [-0.3, -0.25) is 4.68 Å². The topological polar surface area (TPSA) is 50.5 Å². The lowest BCUT2D eigenvalue weighted by Gasteiger charge is -2.24. The third kappa shape index (κ3) is 2.54. The quantitative estimate of drug-likeness (QED) is 0.894. The summed E-state index contributed by atoms with van der Waals surface area (Å²) in [4.78, 5) is 2.13. The molecule has 1 aromatic rings. The van der Waals surface area contributed by atoms with Gasteiger partial charge in [-0.25, -0.2) is 0 Å². The number of ether oxygens (including phenoxy) is 1. The first-order valence-corrected chi connectivity index (χ1v) is 6.48. The minimum Gasteiger partial charge on any atom is -0.383 e. The SMILES string of the molecule is COCCn1ncc(Br)c1C1(O)CCN(C)C1. The van der Waals surface area contributed by atoms with Crippen LogP contribution >= 0.6 is 15.9 Å². The molecule has 1 N–H and O–H groups in total. The van der Waals surface area contributed by atoms with E-state index >= 15 is 0 Å². The first-order valence-electron chi connectivity index (χ1n) is 5.68. The highest BCUT2D eigenvalue weighted by Gasteiger charge is 2.40. The Morgan fingerprint density at radius 2 is 2.41 bits per heavy atom. The van der Waals surface area contributed by atoms with E-state index in [2.05, 4.69) is 25.9 Å². The van der Waals surface area contributed by atoms with E-state index in [-0.39, 0.29) is 0 Å². The molecule has 1 aliphatic rings. The van der Waals surface area contributed by atoms with Crippen molar-refractivity contribution in [3.05, 3.63) is 16.4 Å². The fourth-order valence-corrected chi connectivity index (χ4v) is 3.01. The van der Waals surface area contributed by atoms with Crippen molar-refractivity contribution in [2.75, 3.05) is 33.9 Å². The molecular weight excluding hydrogens is 286 g/mol. The number of aromatic nitrogens is 2. The number of halogens is 1. The second-order valence-electron chi connectivity index (χ2n) is 4.58. The molecule has 2 rings (SSSR count). The number of methoxy groups -OCH3 is 1. The molecule has 2 heterocycles. The molecule has 0 amide bonds. The molecule has 17 heavy (non-hydrogen) atoms. The van der Waals surface area contributed by atoms with Crippen molar-refractivity contribution in [3.63, 3.8) is 0 Å². The molecule has 0 radical (unpaired) electrons. The molecule has 5 nitrogen and oxygen atoms in total. The van der Waals surface area contributed by atoms with E-state index in [1.54, 1.807) is 13.3 Å². The molecule has 6 heteroatoms. The number of β-amino-alcohol motifs (C(OH)–C–C–N with tert-alkyl or cyclic N) is 1. The maximum Gasteiger partial charge on any atom is 0.121 e. The predicted octanol–water partition coefficient (Wildman–Crippen LogP) is 0.815. The summed E-state index contributed by atoms with van der Waals surface area (Å²) < 4.78 is 7.75. The maximum absolute atomic E-state index is 10.7. The number of aliphatic hydroxyl groups is 1. The maximum atomic E-state index is 10.7. The number of hydrogen-bond acceptors (Lipinski definition) is 4.